The lowest BCUT2D eigenvalue weighted by molar-refractivity contribution is -0.0726. The second-order valence-corrected chi connectivity index (χ2v) is 10.7. The third-order valence-electron chi connectivity index (χ3n) is 9.78. The van der Waals surface area contributed by atoms with Gasteiger partial charge in [-0.1, -0.05) is 32.4 Å². The number of methoxy groups -OCH3 is 1. The van der Waals surface area contributed by atoms with E-state index in [2.05, 4.69) is 13.8 Å². The van der Waals surface area contributed by atoms with E-state index in [4.69, 9.17) is 11.3 Å². The molecule has 1 heteroatoms. The molecule has 0 N–H and O–H groups in total. The van der Waals surface area contributed by atoms with Gasteiger partial charge in [-0.3, -0.25) is 0 Å². The van der Waals surface area contributed by atoms with Gasteiger partial charge in [-0.25, -0.2) is 0 Å². The van der Waals surface area contributed by atoms with Gasteiger partial charge in [-0.2, -0.15) is 0 Å². The highest BCUT2D eigenvalue weighted by Crippen LogP contribution is 2.70. The van der Waals surface area contributed by atoms with Gasteiger partial charge in [0.05, 0.1) is 6.10 Å². The maximum Gasteiger partial charge on any atom is 0.0602 e. The maximum absolute atomic E-state index is 5.90. The lowest BCUT2D eigenvalue weighted by atomic mass is 9.45. The molecule has 5 fully saturated rings. The molecule has 7 unspecified atom stereocenters. The standard InChI is InChI=1S/C23H36O/c1-14-12-17-18-6-5-9-22(18,2)10-7-19(17)23(3)11-8-20(24-4)15-13-16(15)21(14)23/h15-21H,1,5-13H2,2-4H3/t15-,16-,17?,18?,19?,20?,21?,22?,23?/m1/s1. The van der Waals surface area contributed by atoms with Crippen LogP contribution in [0.15, 0.2) is 12.2 Å². The number of ether oxygens (including phenoxy) is 1. The SMILES string of the molecule is C=C1CC2C3CCCC3(C)CCC2C2(C)CCC(OC)[C@@H]3C[C@H]3C12. The molecule has 0 amide bonds. The van der Waals surface area contributed by atoms with E-state index in [9.17, 15) is 0 Å². The fourth-order valence-corrected chi connectivity index (χ4v) is 8.65. The summed E-state index contributed by atoms with van der Waals surface area (Å²) in [5.74, 6) is 5.43. The van der Waals surface area contributed by atoms with Gasteiger partial charge < -0.3 is 4.74 Å². The zero-order valence-electron chi connectivity index (χ0n) is 16.0. The normalized spacial score (nSPS) is 59.0. The van der Waals surface area contributed by atoms with Crippen LogP contribution in [0.25, 0.3) is 0 Å². The number of hydrogen-bond acceptors (Lipinski definition) is 1. The molecule has 5 aliphatic rings. The van der Waals surface area contributed by atoms with Crippen LogP contribution in [0.4, 0.5) is 0 Å². The first-order valence-corrected chi connectivity index (χ1v) is 10.7. The lowest BCUT2D eigenvalue weighted by Gasteiger charge is -2.59. The zero-order chi connectivity index (χ0) is 16.7. The summed E-state index contributed by atoms with van der Waals surface area (Å²) >= 11 is 0. The van der Waals surface area contributed by atoms with Crippen LogP contribution in [0.1, 0.15) is 71.6 Å². The molecule has 0 aliphatic heterocycles. The molecule has 0 aromatic heterocycles. The maximum atomic E-state index is 5.90. The number of rotatable bonds is 1. The molecule has 0 heterocycles. The third kappa shape index (κ3) is 1.97. The molecule has 0 aromatic rings. The fraction of sp³-hybridized carbons (Fsp3) is 0.913. The first-order chi connectivity index (χ1) is 11.5. The van der Waals surface area contributed by atoms with Crippen LogP contribution < -0.4 is 0 Å². The smallest absolute Gasteiger partial charge is 0.0602 e. The van der Waals surface area contributed by atoms with E-state index < -0.39 is 0 Å². The highest BCUT2D eigenvalue weighted by Gasteiger charge is 2.63. The Bertz CT molecular complexity index is 552. The Morgan fingerprint density at radius 3 is 2.58 bits per heavy atom. The molecule has 0 spiro atoms. The summed E-state index contributed by atoms with van der Waals surface area (Å²) < 4.78 is 5.90. The minimum absolute atomic E-state index is 0.511. The molecule has 0 saturated heterocycles. The second-order valence-electron chi connectivity index (χ2n) is 10.7. The van der Waals surface area contributed by atoms with Crippen molar-refractivity contribution < 1.29 is 4.74 Å². The van der Waals surface area contributed by atoms with E-state index in [0.29, 0.717) is 16.9 Å². The van der Waals surface area contributed by atoms with Crippen molar-refractivity contribution in [3.63, 3.8) is 0 Å². The average molecular weight is 329 g/mol. The third-order valence-corrected chi connectivity index (χ3v) is 9.78. The highest BCUT2D eigenvalue weighted by atomic mass is 16.5. The Labute approximate surface area is 148 Å². The quantitative estimate of drug-likeness (QED) is 0.549. The first-order valence-electron chi connectivity index (χ1n) is 10.7. The Balaban J connectivity index is 1.51. The van der Waals surface area contributed by atoms with Crippen molar-refractivity contribution in [3.05, 3.63) is 12.2 Å². The molecule has 5 rings (SSSR count). The van der Waals surface area contributed by atoms with Crippen LogP contribution in [-0.4, -0.2) is 13.2 Å². The predicted molar refractivity (Wildman–Crippen MR) is 98.6 cm³/mol. The molecule has 134 valence electrons. The minimum Gasteiger partial charge on any atom is -0.381 e. The van der Waals surface area contributed by atoms with Crippen LogP contribution in [0.5, 0.6) is 0 Å². The number of fused-ring (bicyclic) bond motifs is 7. The number of hydrogen-bond donors (Lipinski definition) is 0. The Hall–Kier alpha value is -0.300. The molecule has 1 nitrogen and oxygen atoms in total. The molecule has 0 aromatic carbocycles. The van der Waals surface area contributed by atoms with Gasteiger partial charge in [0, 0.05) is 7.11 Å². The summed E-state index contributed by atoms with van der Waals surface area (Å²) in [6.45, 7) is 9.99. The highest BCUT2D eigenvalue weighted by molar-refractivity contribution is 5.23. The monoisotopic (exact) mass is 328 g/mol. The number of allylic oxidation sites excluding steroid dienone is 1. The van der Waals surface area contributed by atoms with Crippen molar-refractivity contribution in [2.75, 3.05) is 7.11 Å². The van der Waals surface area contributed by atoms with Crippen molar-refractivity contribution in [1.82, 2.24) is 0 Å². The van der Waals surface area contributed by atoms with Crippen molar-refractivity contribution in [1.29, 1.82) is 0 Å². The molecule has 5 saturated carbocycles. The van der Waals surface area contributed by atoms with Gasteiger partial charge in [0.1, 0.15) is 0 Å². The molecule has 9 atom stereocenters. The predicted octanol–water partition coefficient (Wildman–Crippen LogP) is 5.85. The molecular weight excluding hydrogens is 292 g/mol. The van der Waals surface area contributed by atoms with Gasteiger partial charge in [-0.05, 0) is 97.7 Å². The first kappa shape index (κ1) is 15.9. The van der Waals surface area contributed by atoms with Gasteiger partial charge in [0.25, 0.3) is 0 Å². The summed E-state index contributed by atoms with van der Waals surface area (Å²) in [5, 5.41) is 0. The second kappa shape index (κ2) is 5.12. The van der Waals surface area contributed by atoms with E-state index >= 15 is 0 Å². The summed E-state index contributed by atoms with van der Waals surface area (Å²) in [5.41, 5.74) is 2.81. The van der Waals surface area contributed by atoms with E-state index in [-0.39, 0.29) is 0 Å². The van der Waals surface area contributed by atoms with Gasteiger partial charge in [0.15, 0.2) is 0 Å². The average Bonchev–Trinajstić information content (AvgIpc) is 3.20. The topological polar surface area (TPSA) is 9.23 Å². The van der Waals surface area contributed by atoms with Gasteiger partial charge >= 0.3 is 0 Å². The van der Waals surface area contributed by atoms with Gasteiger partial charge in [0.2, 0.25) is 0 Å². The van der Waals surface area contributed by atoms with Gasteiger partial charge in [-0.15, -0.1) is 0 Å². The van der Waals surface area contributed by atoms with Crippen LogP contribution in [0.3, 0.4) is 0 Å². The minimum atomic E-state index is 0.511. The van der Waals surface area contributed by atoms with Crippen molar-refractivity contribution in [2.24, 2.45) is 46.3 Å². The fourth-order valence-electron chi connectivity index (χ4n) is 8.65. The summed E-state index contributed by atoms with van der Waals surface area (Å²) in [7, 11) is 1.94. The van der Waals surface area contributed by atoms with Crippen molar-refractivity contribution in [2.45, 2.75) is 77.7 Å². The van der Waals surface area contributed by atoms with E-state index in [0.717, 1.165) is 35.5 Å². The van der Waals surface area contributed by atoms with Crippen LogP contribution in [-0.2, 0) is 4.74 Å². The molecule has 24 heavy (non-hydrogen) atoms. The van der Waals surface area contributed by atoms with Crippen LogP contribution in [0, 0.1) is 46.3 Å². The molecular formula is C23H36O. The Kier molecular flexibility index (Phi) is 3.39. The van der Waals surface area contributed by atoms with Crippen molar-refractivity contribution in [3.8, 4) is 0 Å². The van der Waals surface area contributed by atoms with E-state index in [1.54, 1.807) is 5.57 Å². The molecule has 0 radical (unpaired) electrons. The van der Waals surface area contributed by atoms with E-state index in [1.807, 2.05) is 7.11 Å². The zero-order valence-corrected chi connectivity index (χ0v) is 16.0. The largest absolute Gasteiger partial charge is 0.381 e. The summed E-state index contributed by atoms with van der Waals surface area (Å²) in [4.78, 5) is 0. The van der Waals surface area contributed by atoms with Crippen LogP contribution in [0.2, 0.25) is 0 Å². The summed E-state index contributed by atoms with van der Waals surface area (Å²) in [6, 6.07) is 0. The molecule has 5 aliphatic carbocycles. The molecule has 0 bridgehead atoms. The van der Waals surface area contributed by atoms with Crippen LogP contribution >= 0.6 is 0 Å². The Morgan fingerprint density at radius 2 is 1.79 bits per heavy atom. The lowest BCUT2D eigenvalue weighted by Crippen LogP contribution is -2.51. The van der Waals surface area contributed by atoms with E-state index in [1.165, 1.54) is 57.8 Å². The Morgan fingerprint density at radius 1 is 0.958 bits per heavy atom. The van der Waals surface area contributed by atoms with Crippen molar-refractivity contribution >= 4 is 0 Å². The summed E-state index contributed by atoms with van der Waals surface area (Å²) in [6.07, 6.45) is 13.4.